The average molecular weight is 860 g/mol. The first-order valence-corrected chi connectivity index (χ1v) is 23.0. The van der Waals surface area contributed by atoms with E-state index in [1.807, 2.05) is 6.08 Å². The number of fused-ring (bicyclic) bond motifs is 1. The van der Waals surface area contributed by atoms with Crippen LogP contribution in [-0.2, 0) is 9.53 Å². The summed E-state index contributed by atoms with van der Waals surface area (Å²) in [6.45, 7) is 24.2. The van der Waals surface area contributed by atoms with Gasteiger partial charge in [-0.1, -0.05) is 145 Å². The molecule has 1 saturated carbocycles. The molecule has 0 aromatic heterocycles. The van der Waals surface area contributed by atoms with Crippen LogP contribution in [0.1, 0.15) is 99.7 Å². The second kappa shape index (κ2) is 20.8. The Morgan fingerprint density at radius 3 is 1.60 bits per heavy atom. The maximum absolute atomic E-state index is 12.6. The molecular weight excluding hydrogens is 795 g/mol. The summed E-state index contributed by atoms with van der Waals surface area (Å²) >= 11 is 0. The number of carbonyl (C=O) groups excluding carboxylic acids is 1. The summed E-state index contributed by atoms with van der Waals surface area (Å²) in [5.41, 5.74) is 19.6. The second-order valence-corrected chi connectivity index (χ2v) is 18.1. The minimum atomic E-state index is -0.317. The lowest BCUT2D eigenvalue weighted by Gasteiger charge is -2.33. The molecule has 5 heteroatoms. The van der Waals surface area contributed by atoms with Crippen molar-refractivity contribution in [1.82, 2.24) is 0 Å². The van der Waals surface area contributed by atoms with Crippen LogP contribution in [0, 0.1) is 48.5 Å². The summed E-state index contributed by atoms with van der Waals surface area (Å²) < 4.78 is 5.95. The first-order chi connectivity index (χ1) is 31.3. The van der Waals surface area contributed by atoms with E-state index in [0.29, 0.717) is 5.57 Å². The lowest BCUT2D eigenvalue weighted by atomic mass is 9.82. The smallest absolute Gasteiger partial charge is 0.333 e. The van der Waals surface area contributed by atoms with E-state index in [1.54, 1.807) is 6.92 Å². The maximum Gasteiger partial charge on any atom is 0.333 e. The molecule has 0 spiro atoms. The standard InChI is InChI=1S/C51H55N3O2.C9H10/c1-31(2)51(55)56-47-16-12-11-15-46(47)54-45-26-25-44(42-13-9-10-14-43(42)45)48(38-17-21-40(22-18-38)52-49-34(5)27-32(3)28-35(49)6)39-19-23-41(24-20-39)53-50-36(7)29-33(4)30-37(50)8;1-3-9-6-4-8(2)5-7-9/h9-10,13-14,17-30,46-48,52-54H,1,11-12,15-16H2,2-8H3;3-7H,1H2,2H3. The van der Waals surface area contributed by atoms with Gasteiger partial charge in [-0.15, -0.1) is 0 Å². The molecule has 8 rings (SSSR count). The summed E-state index contributed by atoms with van der Waals surface area (Å²) in [6, 6.07) is 48.3. The molecular formula is C60H65N3O2. The Balaban J connectivity index is 0.000000626. The van der Waals surface area contributed by atoms with Crippen LogP contribution in [0.3, 0.4) is 0 Å². The zero-order valence-corrected chi connectivity index (χ0v) is 39.6. The van der Waals surface area contributed by atoms with Gasteiger partial charge in [-0.05, 0) is 155 Å². The minimum absolute atomic E-state index is 0.0262. The Labute approximate surface area is 387 Å². The van der Waals surface area contributed by atoms with E-state index in [2.05, 4.69) is 211 Å². The van der Waals surface area contributed by atoms with Crippen molar-refractivity contribution in [2.75, 3.05) is 16.0 Å². The maximum atomic E-state index is 12.6. The number of rotatable bonds is 12. The fourth-order valence-corrected chi connectivity index (χ4v) is 9.36. The van der Waals surface area contributed by atoms with Crippen molar-refractivity contribution in [3.05, 3.63) is 213 Å². The van der Waals surface area contributed by atoms with E-state index < -0.39 is 0 Å². The van der Waals surface area contributed by atoms with Gasteiger partial charge >= 0.3 is 5.97 Å². The van der Waals surface area contributed by atoms with E-state index in [0.717, 1.165) is 59.5 Å². The van der Waals surface area contributed by atoms with Gasteiger partial charge in [-0.2, -0.15) is 0 Å². The summed E-state index contributed by atoms with van der Waals surface area (Å²) in [6.07, 6.45) is 5.58. The van der Waals surface area contributed by atoms with Gasteiger partial charge in [0.15, 0.2) is 0 Å². The van der Waals surface area contributed by atoms with Crippen molar-refractivity contribution in [2.24, 2.45) is 0 Å². The predicted octanol–water partition coefficient (Wildman–Crippen LogP) is 15.8. The highest BCUT2D eigenvalue weighted by atomic mass is 16.5. The fourth-order valence-electron chi connectivity index (χ4n) is 9.36. The van der Waals surface area contributed by atoms with Crippen LogP contribution in [0.5, 0.6) is 0 Å². The zero-order chi connectivity index (χ0) is 46.2. The molecule has 0 bridgehead atoms. The molecule has 0 heterocycles. The third-order valence-electron chi connectivity index (χ3n) is 12.6. The third kappa shape index (κ3) is 11.3. The topological polar surface area (TPSA) is 62.4 Å². The molecule has 7 aromatic rings. The summed E-state index contributed by atoms with van der Waals surface area (Å²) in [4.78, 5) is 12.6. The number of benzene rings is 7. The van der Waals surface area contributed by atoms with Crippen LogP contribution in [0.2, 0.25) is 0 Å². The van der Waals surface area contributed by atoms with Crippen molar-refractivity contribution >= 4 is 51.3 Å². The highest BCUT2D eigenvalue weighted by Crippen LogP contribution is 2.41. The summed E-state index contributed by atoms with van der Waals surface area (Å²) in [7, 11) is 0. The average Bonchev–Trinajstić information content (AvgIpc) is 3.29. The summed E-state index contributed by atoms with van der Waals surface area (Å²) in [5, 5.41) is 13.6. The van der Waals surface area contributed by atoms with Gasteiger partial charge in [0.25, 0.3) is 0 Å². The van der Waals surface area contributed by atoms with Crippen molar-refractivity contribution in [2.45, 2.75) is 99.1 Å². The Kier molecular flexibility index (Phi) is 14.7. The van der Waals surface area contributed by atoms with Crippen molar-refractivity contribution in [3.63, 3.8) is 0 Å². The van der Waals surface area contributed by atoms with E-state index in [1.165, 1.54) is 66.6 Å². The van der Waals surface area contributed by atoms with Crippen molar-refractivity contribution in [1.29, 1.82) is 0 Å². The summed E-state index contributed by atoms with van der Waals surface area (Å²) in [5.74, 6) is -0.343. The second-order valence-electron chi connectivity index (χ2n) is 18.1. The first-order valence-electron chi connectivity index (χ1n) is 23.0. The van der Waals surface area contributed by atoms with Crippen LogP contribution >= 0.6 is 0 Å². The van der Waals surface area contributed by atoms with Gasteiger partial charge in [0.2, 0.25) is 0 Å². The van der Waals surface area contributed by atoms with Gasteiger partial charge < -0.3 is 20.7 Å². The normalized spacial score (nSPS) is 14.5. The molecule has 2 unspecified atom stereocenters. The van der Waals surface area contributed by atoms with Gasteiger partial charge in [0.1, 0.15) is 6.10 Å². The van der Waals surface area contributed by atoms with Crippen molar-refractivity contribution < 1.29 is 9.53 Å². The Morgan fingerprint density at radius 1 is 0.615 bits per heavy atom. The van der Waals surface area contributed by atoms with E-state index in [9.17, 15) is 4.79 Å². The molecule has 332 valence electrons. The Bertz CT molecular complexity index is 2650. The Morgan fingerprint density at radius 2 is 1.11 bits per heavy atom. The number of hydrogen-bond donors (Lipinski definition) is 3. The van der Waals surface area contributed by atoms with Crippen LogP contribution in [0.4, 0.5) is 28.4 Å². The number of carbonyl (C=O) groups is 1. The number of anilines is 5. The van der Waals surface area contributed by atoms with Crippen LogP contribution in [-0.4, -0.2) is 18.1 Å². The number of aryl methyl sites for hydroxylation is 7. The first kappa shape index (κ1) is 46.2. The lowest BCUT2D eigenvalue weighted by Crippen LogP contribution is -2.40. The molecule has 1 fully saturated rings. The van der Waals surface area contributed by atoms with Crippen molar-refractivity contribution in [3.8, 4) is 0 Å². The molecule has 65 heavy (non-hydrogen) atoms. The molecule has 7 aromatic carbocycles. The molecule has 2 atom stereocenters. The molecule has 1 aliphatic rings. The molecule has 5 nitrogen and oxygen atoms in total. The van der Waals surface area contributed by atoms with Gasteiger partial charge in [0.05, 0.1) is 6.04 Å². The lowest BCUT2D eigenvalue weighted by molar-refractivity contribution is -0.146. The monoisotopic (exact) mass is 860 g/mol. The van der Waals surface area contributed by atoms with Gasteiger partial charge in [0, 0.05) is 45.3 Å². The van der Waals surface area contributed by atoms with E-state index >= 15 is 0 Å². The molecule has 0 radical (unpaired) electrons. The Hall–Kier alpha value is -6.85. The SMILES string of the molecule is C=C(C)C(=O)OC1CCCCC1Nc1ccc(C(c2ccc(Nc3c(C)cc(C)cc3C)cc2)c2ccc(Nc3c(C)cc(C)cc3C)cc2)c2ccccc12.C=Cc1ccc(C)cc1. The fraction of sp³-hybridized carbons (Fsp3) is 0.250. The van der Waals surface area contributed by atoms with Gasteiger partial charge in [-0.25, -0.2) is 4.79 Å². The quantitative estimate of drug-likeness (QED) is 0.0649. The van der Waals surface area contributed by atoms with E-state index in [-0.39, 0.29) is 24.0 Å². The highest BCUT2D eigenvalue weighted by Gasteiger charge is 2.29. The highest BCUT2D eigenvalue weighted by molar-refractivity contribution is 5.97. The molecule has 1 aliphatic carbocycles. The molecule has 0 saturated heterocycles. The molecule has 3 N–H and O–H groups in total. The zero-order valence-electron chi connectivity index (χ0n) is 39.6. The molecule has 0 aliphatic heterocycles. The largest absolute Gasteiger partial charge is 0.457 e. The van der Waals surface area contributed by atoms with Crippen LogP contribution in [0.25, 0.3) is 16.8 Å². The predicted molar refractivity (Wildman–Crippen MR) is 277 cm³/mol. The van der Waals surface area contributed by atoms with Crippen LogP contribution in [0.15, 0.2) is 152 Å². The van der Waals surface area contributed by atoms with E-state index in [4.69, 9.17) is 4.74 Å². The minimum Gasteiger partial charge on any atom is -0.457 e. The number of esters is 1. The third-order valence-corrected chi connectivity index (χ3v) is 12.6. The molecule has 0 amide bonds. The van der Waals surface area contributed by atoms with Crippen LogP contribution < -0.4 is 16.0 Å². The number of nitrogens with one attached hydrogen (secondary N) is 3. The van der Waals surface area contributed by atoms with Gasteiger partial charge in [-0.3, -0.25) is 0 Å². The number of hydrogen-bond acceptors (Lipinski definition) is 5. The number of ether oxygens (including phenoxy) is 1.